The molecule has 3 nitrogen and oxygen atoms in total. The van der Waals surface area contributed by atoms with Crippen LogP contribution in [0.2, 0.25) is 0 Å². The lowest BCUT2D eigenvalue weighted by Crippen LogP contribution is -2.19. The molecule has 0 fully saturated rings. The Morgan fingerprint density at radius 1 is 1.18 bits per heavy atom. The quantitative estimate of drug-likeness (QED) is 0.940. The van der Waals surface area contributed by atoms with Crippen molar-refractivity contribution >= 4 is 5.91 Å². The van der Waals surface area contributed by atoms with Crippen molar-refractivity contribution in [2.75, 3.05) is 14.2 Å². The zero-order valence-electron chi connectivity index (χ0n) is 13.3. The molecule has 0 aliphatic heterocycles. The van der Waals surface area contributed by atoms with E-state index in [9.17, 15) is 9.18 Å². The lowest BCUT2D eigenvalue weighted by Gasteiger charge is -2.14. The molecule has 0 saturated carbocycles. The van der Waals surface area contributed by atoms with Gasteiger partial charge in [-0.2, -0.15) is 0 Å². The van der Waals surface area contributed by atoms with Crippen molar-refractivity contribution in [2.24, 2.45) is 0 Å². The van der Waals surface area contributed by atoms with E-state index in [0.717, 1.165) is 22.3 Å². The van der Waals surface area contributed by atoms with Gasteiger partial charge in [-0.1, -0.05) is 6.07 Å². The summed E-state index contributed by atoms with van der Waals surface area (Å²) in [6, 6.07) is 8.57. The monoisotopic (exact) mass is 301 g/mol. The van der Waals surface area contributed by atoms with E-state index in [1.807, 2.05) is 26.0 Å². The van der Waals surface area contributed by atoms with Gasteiger partial charge >= 0.3 is 0 Å². The number of nitrogens with one attached hydrogen (secondary N) is 1. The van der Waals surface area contributed by atoms with Crippen molar-refractivity contribution in [1.29, 1.82) is 0 Å². The van der Waals surface area contributed by atoms with Crippen LogP contribution in [0, 0.1) is 19.7 Å². The van der Waals surface area contributed by atoms with E-state index >= 15 is 0 Å². The molecule has 0 unspecified atom stereocenters. The second-order valence-corrected chi connectivity index (χ2v) is 5.35. The number of carbonyl (C=O) groups excluding carboxylic acids is 1. The van der Waals surface area contributed by atoms with Crippen LogP contribution < -0.4 is 10.1 Å². The maximum Gasteiger partial charge on any atom is 0.251 e. The average molecular weight is 301 g/mol. The minimum atomic E-state index is -0.248. The van der Waals surface area contributed by atoms with Gasteiger partial charge in [0.2, 0.25) is 0 Å². The first-order valence-electron chi connectivity index (χ1n) is 7.10. The predicted octanol–water partition coefficient (Wildman–Crippen LogP) is 3.40. The van der Waals surface area contributed by atoms with Crippen LogP contribution in [0.3, 0.4) is 0 Å². The zero-order chi connectivity index (χ0) is 16.3. The molecule has 0 spiro atoms. The molecule has 1 amide bonds. The molecule has 116 valence electrons. The molecule has 0 aromatic heterocycles. The van der Waals surface area contributed by atoms with E-state index in [2.05, 4.69) is 5.32 Å². The second-order valence-electron chi connectivity index (χ2n) is 5.35. The Morgan fingerprint density at radius 2 is 1.91 bits per heavy atom. The van der Waals surface area contributed by atoms with Gasteiger partial charge in [0.1, 0.15) is 11.6 Å². The summed E-state index contributed by atoms with van der Waals surface area (Å²) in [6.07, 6.45) is 0.547. The highest BCUT2D eigenvalue weighted by molar-refractivity contribution is 5.96. The molecule has 0 atom stereocenters. The number of hydrogen-bond acceptors (Lipinski definition) is 2. The van der Waals surface area contributed by atoms with Crippen molar-refractivity contribution in [3.63, 3.8) is 0 Å². The number of benzene rings is 2. The number of methoxy groups -OCH3 is 1. The van der Waals surface area contributed by atoms with Gasteiger partial charge in [-0.3, -0.25) is 4.79 Å². The van der Waals surface area contributed by atoms with Gasteiger partial charge in [-0.05, 0) is 66.8 Å². The average Bonchev–Trinajstić information content (AvgIpc) is 2.47. The smallest absolute Gasteiger partial charge is 0.251 e. The van der Waals surface area contributed by atoms with Crippen LogP contribution in [0.4, 0.5) is 4.39 Å². The molecule has 0 saturated heterocycles. The molecule has 0 aliphatic carbocycles. The summed E-state index contributed by atoms with van der Waals surface area (Å²) in [7, 11) is 3.16. The molecule has 0 aliphatic rings. The van der Waals surface area contributed by atoms with E-state index < -0.39 is 0 Å². The highest BCUT2D eigenvalue weighted by atomic mass is 19.1. The van der Waals surface area contributed by atoms with Gasteiger partial charge < -0.3 is 10.1 Å². The lowest BCUT2D eigenvalue weighted by molar-refractivity contribution is 0.0962. The highest BCUT2D eigenvalue weighted by Gasteiger charge is 2.14. The minimum Gasteiger partial charge on any atom is -0.497 e. The Labute approximate surface area is 130 Å². The van der Waals surface area contributed by atoms with Crippen molar-refractivity contribution in [3.05, 3.63) is 64.0 Å². The van der Waals surface area contributed by atoms with Crippen LogP contribution in [-0.4, -0.2) is 20.1 Å². The van der Waals surface area contributed by atoms with E-state index in [1.54, 1.807) is 20.2 Å². The molecule has 0 heterocycles. The number of aryl methyl sites for hydroxylation is 1. The Bertz CT molecular complexity index is 690. The maximum absolute atomic E-state index is 13.6. The van der Waals surface area contributed by atoms with E-state index in [1.165, 1.54) is 12.1 Å². The van der Waals surface area contributed by atoms with Gasteiger partial charge in [0, 0.05) is 12.6 Å². The first-order valence-corrected chi connectivity index (χ1v) is 7.10. The number of halogens is 1. The first-order chi connectivity index (χ1) is 10.4. The van der Waals surface area contributed by atoms with Crippen LogP contribution in [0.1, 0.15) is 32.6 Å². The van der Waals surface area contributed by atoms with Crippen LogP contribution in [0.15, 0.2) is 30.3 Å². The van der Waals surface area contributed by atoms with Gasteiger partial charge in [0.05, 0.1) is 7.11 Å². The Kier molecular flexibility index (Phi) is 4.81. The third-order valence-corrected chi connectivity index (χ3v) is 3.69. The first kappa shape index (κ1) is 16.0. The molecular weight excluding hydrogens is 281 g/mol. The Hall–Kier alpha value is -2.36. The van der Waals surface area contributed by atoms with Gasteiger partial charge in [-0.15, -0.1) is 0 Å². The van der Waals surface area contributed by atoms with Gasteiger partial charge in [-0.25, -0.2) is 4.39 Å². The molecule has 2 aromatic rings. The summed E-state index contributed by atoms with van der Waals surface area (Å²) in [5, 5.41) is 2.63. The normalized spacial score (nSPS) is 10.4. The van der Waals surface area contributed by atoms with Gasteiger partial charge in [0.15, 0.2) is 0 Å². The molecule has 0 radical (unpaired) electrons. The lowest BCUT2D eigenvalue weighted by atomic mass is 9.95. The number of rotatable bonds is 4. The maximum atomic E-state index is 13.6. The topological polar surface area (TPSA) is 38.3 Å². The summed E-state index contributed by atoms with van der Waals surface area (Å²) < 4.78 is 18.8. The molecular formula is C18H20FNO2. The number of hydrogen-bond donors (Lipinski definition) is 1. The third kappa shape index (κ3) is 3.45. The van der Waals surface area contributed by atoms with Crippen molar-refractivity contribution in [3.8, 4) is 5.75 Å². The van der Waals surface area contributed by atoms with Crippen LogP contribution in [0.5, 0.6) is 5.75 Å². The molecule has 1 N–H and O–H groups in total. The van der Waals surface area contributed by atoms with Crippen LogP contribution >= 0.6 is 0 Å². The van der Waals surface area contributed by atoms with Crippen LogP contribution in [-0.2, 0) is 6.42 Å². The molecule has 2 aromatic carbocycles. The standard InChI is InChI=1S/C18H20FNO2/c1-11-5-13(8-15(19)6-11)7-14-9-16(22-4)10-17(12(14)2)18(21)20-3/h5-6,8-10H,7H2,1-4H3,(H,20,21). The molecule has 4 heteroatoms. The van der Waals surface area contributed by atoms with Crippen molar-refractivity contribution in [1.82, 2.24) is 5.32 Å². The molecule has 2 rings (SSSR count). The number of carbonyl (C=O) groups is 1. The summed E-state index contributed by atoms with van der Waals surface area (Å²) in [4.78, 5) is 12.0. The molecule has 22 heavy (non-hydrogen) atoms. The van der Waals surface area contributed by atoms with Crippen molar-refractivity contribution < 1.29 is 13.9 Å². The minimum absolute atomic E-state index is 0.159. The van der Waals surface area contributed by atoms with Gasteiger partial charge in [0.25, 0.3) is 5.91 Å². The van der Waals surface area contributed by atoms with E-state index in [-0.39, 0.29) is 11.7 Å². The highest BCUT2D eigenvalue weighted by Crippen LogP contribution is 2.25. The summed E-state index contributed by atoms with van der Waals surface area (Å²) in [5.74, 6) is 0.211. The van der Waals surface area contributed by atoms with E-state index in [4.69, 9.17) is 4.74 Å². The predicted molar refractivity (Wildman–Crippen MR) is 85.1 cm³/mol. The number of ether oxygens (including phenoxy) is 1. The summed E-state index contributed by atoms with van der Waals surface area (Å²) in [6.45, 7) is 3.76. The largest absolute Gasteiger partial charge is 0.497 e. The van der Waals surface area contributed by atoms with Crippen molar-refractivity contribution in [2.45, 2.75) is 20.3 Å². The van der Waals surface area contributed by atoms with E-state index in [0.29, 0.717) is 17.7 Å². The fraction of sp³-hybridized carbons (Fsp3) is 0.278. The Balaban J connectivity index is 2.47. The Morgan fingerprint density at radius 3 is 2.50 bits per heavy atom. The SMILES string of the molecule is CNC(=O)c1cc(OC)cc(Cc2cc(C)cc(F)c2)c1C. The zero-order valence-corrected chi connectivity index (χ0v) is 13.3. The number of amides is 1. The molecule has 0 bridgehead atoms. The van der Waals surface area contributed by atoms with Crippen LogP contribution in [0.25, 0.3) is 0 Å². The fourth-order valence-electron chi connectivity index (χ4n) is 2.55. The fourth-order valence-corrected chi connectivity index (χ4v) is 2.55. The third-order valence-electron chi connectivity index (χ3n) is 3.69. The second kappa shape index (κ2) is 6.60. The summed E-state index contributed by atoms with van der Waals surface area (Å²) in [5.41, 5.74) is 4.15. The summed E-state index contributed by atoms with van der Waals surface area (Å²) >= 11 is 0.